The van der Waals surface area contributed by atoms with E-state index < -0.39 is 0 Å². The Morgan fingerprint density at radius 1 is 1.18 bits per heavy atom. The number of nitrogen functional groups attached to an aromatic ring is 1. The third kappa shape index (κ3) is 2.66. The fourth-order valence-corrected chi connectivity index (χ4v) is 2.97. The van der Waals surface area contributed by atoms with E-state index in [1.54, 1.807) is 4.90 Å². The molecule has 22 heavy (non-hydrogen) atoms. The van der Waals surface area contributed by atoms with Gasteiger partial charge in [0.15, 0.2) is 0 Å². The molecule has 5 heteroatoms. The number of halogens is 1. The molecule has 0 aliphatic carbocycles. The van der Waals surface area contributed by atoms with Gasteiger partial charge >= 0.3 is 0 Å². The van der Waals surface area contributed by atoms with E-state index >= 15 is 0 Å². The Morgan fingerprint density at radius 2 is 1.95 bits per heavy atom. The Labute approximate surface area is 136 Å². The Balaban J connectivity index is 0.00000176. The van der Waals surface area contributed by atoms with E-state index in [4.69, 9.17) is 5.73 Å². The van der Waals surface area contributed by atoms with Crippen LogP contribution in [0.3, 0.4) is 0 Å². The topological polar surface area (TPSA) is 59.2 Å². The summed E-state index contributed by atoms with van der Waals surface area (Å²) in [6.07, 6.45) is 2.19. The number of benzene rings is 1. The quantitative estimate of drug-likeness (QED) is 0.925. The number of carbonyl (C=O) groups is 1. The second-order valence-corrected chi connectivity index (χ2v) is 5.35. The molecule has 0 bridgehead atoms. The SMILES string of the molecule is CCc1nc(N)ccc1-c1cccc2c1N(C)C(=O)CC2.Cl. The van der Waals surface area contributed by atoms with E-state index in [0.717, 1.165) is 35.3 Å². The molecule has 2 N–H and O–H groups in total. The zero-order chi connectivity index (χ0) is 15.0. The van der Waals surface area contributed by atoms with Crippen molar-refractivity contribution in [2.45, 2.75) is 26.2 Å². The molecule has 0 fully saturated rings. The van der Waals surface area contributed by atoms with Gasteiger partial charge in [0.25, 0.3) is 0 Å². The predicted molar refractivity (Wildman–Crippen MR) is 92.4 cm³/mol. The molecule has 1 aromatic heterocycles. The number of aromatic nitrogens is 1. The standard InChI is InChI=1S/C17H19N3O.ClH/c1-3-14-12(8-9-15(18)19-14)13-6-4-5-11-7-10-16(21)20(2)17(11)13;/h4-6,8-9H,3,7,10H2,1-2H3,(H2,18,19);1H. The molecular weight excluding hydrogens is 298 g/mol. The summed E-state index contributed by atoms with van der Waals surface area (Å²) in [5.74, 6) is 0.696. The second kappa shape index (κ2) is 6.36. The molecule has 0 atom stereocenters. The Bertz CT molecular complexity index is 715. The fourth-order valence-electron chi connectivity index (χ4n) is 2.97. The molecule has 1 amide bonds. The zero-order valence-corrected chi connectivity index (χ0v) is 13.6. The minimum atomic E-state index is 0. The average molecular weight is 318 g/mol. The van der Waals surface area contributed by atoms with Crippen LogP contribution in [0.25, 0.3) is 11.1 Å². The molecule has 2 aromatic rings. The molecule has 0 saturated carbocycles. The fraction of sp³-hybridized carbons (Fsp3) is 0.294. The van der Waals surface area contributed by atoms with Gasteiger partial charge in [0.1, 0.15) is 5.82 Å². The Hall–Kier alpha value is -2.07. The lowest BCUT2D eigenvalue weighted by molar-refractivity contribution is -0.118. The first-order chi connectivity index (χ1) is 10.1. The van der Waals surface area contributed by atoms with Crippen LogP contribution < -0.4 is 10.6 Å². The number of para-hydroxylation sites is 1. The van der Waals surface area contributed by atoms with Gasteiger partial charge < -0.3 is 10.6 Å². The van der Waals surface area contributed by atoms with Crippen molar-refractivity contribution in [2.24, 2.45) is 0 Å². The minimum Gasteiger partial charge on any atom is -0.384 e. The number of hydrogen-bond acceptors (Lipinski definition) is 3. The maximum absolute atomic E-state index is 12.0. The molecule has 0 radical (unpaired) electrons. The highest BCUT2D eigenvalue weighted by atomic mass is 35.5. The van der Waals surface area contributed by atoms with Gasteiger partial charge in [-0.05, 0) is 30.5 Å². The monoisotopic (exact) mass is 317 g/mol. The highest BCUT2D eigenvalue weighted by molar-refractivity contribution is 6.00. The van der Waals surface area contributed by atoms with Crippen molar-refractivity contribution in [1.82, 2.24) is 4.98 Å². The van der Waals surface area contributed by atoms with E-state index in [0.29, 0.717) is 12.2 Å². The predicted octanol–water partition coefficient (Wildman–Crippen LogP) is 3.22. The maximum Gasteiger partial charge on any atom is 0.227 e. The number of anilines is 2. The van der Waals surface area contributed by atoms with Crippen LogP contribution in [0.5, 0.6) is 0 Å². The molecule has 0 spiro atoms. The van der Waals surface area contributed by atoms with Gasteiger partial charge in [-0.2, -0.15) is 0 Å². The number of fused-ring (bicyclic) bond motifs is 1. The summed E-state index contributed by atoms with van der Waals surface area (Å²) in [7, 11) is 1.85. The normalized spacial score (nSPS) is 13.5. The van der Waals surface area contributed by atoms with E-state index in [-0.39, 0.29) is 18.3 Å². The summed E-state index contributed by atoms with van der Waals surface area (Å²) in [5.41, 5.74) is 11.1. The van der Waals surface area contributed by atoms with Crippen LogP contribution in [0.15, 0.2) is 30.3 Å². The van der Waals surface area contributed by atoms with Crippen LogP contribution in [0.1, 0.15) is 24.6 Å². The smallest absolute Gasteiger partial charge is 0.227 e. The minimum absolute atomic E-state index is 0. The van der Waals surface area contributed by atoms with Crippen molar-refractivity contribution in [1.29, 1.82) is 0 Å². The lowest BCUT2D eigenvalue weighted by Crippen LogP contribution is -2.31. The molecule has 0 unspecified atom stereocenters. The second-order valence-electron chi connectivity index (χ2n) is 5.35. The van der Waals surface area contributed by atoms with Crippen molar-refractivity contribution >= 4 is 29.8 Å². The van der Waals surface area contributed by atoms with Crippen molar-refractivity contribution in [3.63, 3.8) is 0 Å². The maximum atomic E-state index is 12.0. The van der Waals surface area contributed by atoms with E-state index in [1.165, 1.54) is 5.56 Å². The molecule has 0 saturated heterocycles. The zero-order valence-electron chi connectivity index (χ0n) is 12.8. The Kier molecular flexibility index (Phi) is 4.71. The van der Waals surface area contributed by atoms with Crippen LogP contribution in [0.2, 0.25) is 0 Å². The molecule has 116 valence electrons. The third-order valence-electron chi connectivity index (χ3n) is 4.06. The van der Waals surface area contributed by atoms with Gasteiger partial charge in [0, 0.05) is 24.6 Å². The molecule has 1 aromatic carbocycles. The lowest BCUT2D eigenvalue weighted by Gasteiger charge is -2.28. The van der Waals surface area contributed by atoms with Crippen molar-refractivity contribution in [2.75, 3.05) is 17.7 Å². The van der Waals surface area contributed by atoms with Crippen LogP contribution in [-0.2, 0) is 17.6 Å². The molecule has 4 nitrogen and oxygen atoms in total. The molecule has 3 rings (SSSR count). The average Bonchev–Trinajstić information content (AvgIpc) is 2.50. The number of carbonyl (C=O) groups excluding carboxylic acids is 1. The van der Waals surface area contributed by atoms with Gasteiger partial charge in [0.2, 0.25) is 5.91 Å². The van der Waals surface area contributed by atoms with Crippen LogP contribution in [0, 0.1) is 0 Å². The summed E-state index contributed by atoms with van der Waals surface area (Å²) in [6.45, 7) is 2.07. The highest BCUT2D eigenvalue weighted by Gasteiger charge is 2.24. The van der Waals surface area contributed by atoms with Crippen LogP contribution in [-0.4, -0.2) is 17.9 Å². The summed E-state index contributed by atoms with van der Waals surface area (Å²) in [4.78, 5) is 18.2. The summed E-state index contributed by atoms with van der Waals surface area (Å²) in [6, 6.07) is 10.0. The summed E-state index contributed by atoms with van der Waals surface area (Å²) in [5, 5.41) is 0. The highest BCUT2D eigenvalue weighted by Crippen LogP contribution is 2.38. The largest absolute Gasteiger partial charge is 0.384 e. The van der Waals surface area contributed by atoms with Crippen molar-refractivity contribution < 1.29 is 4.79 Å². The number of nitrogens with zero attached hydrogens (tertiary/aromatic N) is 2. The number of hydrogen-bond donors (Lipinski definition) is 1. The number of pyridine rings is 1. The van der Waals surface area contributed by atoms with Gasteiger partial charge in [-0.15, -0.1) is 12.4 Å². The first-order valence-corrected chi connectivity index (χ1v) is 7.26. The lowest BCUT2D eigenvalue weighted by atomic mass is 9.93. The molecule has 2 heterocycles. The van der Waals surface area contributed by atoms with E-state index in [2.05, 4.69) is 24.0 Å². The van der Waals surface area contributed by atoms with Crippen molar-refractivity contribution in [3.05, 3.63) is 41.6 Å². The van der Waals surface area contributed by atoms with Gasteiger partial charge in [0.05, 0.1) is 11.4 Å². The third-order valence-corrected chi connectivity index (χ3v) is 4.06. The van der Waals surface area contributed by atoms with E-state index in [1.807, 2.05) is 25.2 Å². The van der Waals surface area contributed by atoms with Gasteiger partial charge in [-0.3, -0.25) is 4.79 Å². The Morgan fingerprint density at radius 3 is 2.68 bits per heavy atom. The van der Waals surface area contributed by atoms with Gasteiger partial charge in [-0.25, -0.2) is 4.98 Å². The number of amides is 1. The summed E-state index contributed by atoms with van der Waals surface area (Å²) >= 11 is 0. The first-order valence-electron chi connectivity index (χ1n) is 7.26. The van der Waals surface area contributed by atoms with E-state index in [9.17, 15) is 4.79 Å². The summed E-state index contributed by atoms with van der Waals surface area (Å²) < 4.78 is 0. The van der Waals surface area contributed by atoms with Crippen LogP contribution in [0.4, 0.5) is 11.5 Å². The number of rotatable bonds is 2. The first kappa shape index (κ1) is 16.3. The van der Waals surface area contributed by atoms with Crippen LogP contribution >= 0.6 is 12.4 Å². The molecular formula is C17H20ClN3O. The van der Waals surface area contributed by atoms with Crippen molar-refractivity contribution in [3.8, 4) is 11.1 Å². The number of nitrogens with two attached hydrogens (primary N) is 1. The van der Waals surface area contributed by atoms with Gasteiger partial charge in [-0.1, -0.05) is 25.1 Å². The number of aryl methyl sites for hydroxylation is 2. The molecule has 1 aliphatic heterocycles. The molecule has 1 aliphatic rings.